The van der Waals surface area contributed by atoms with Crippen LogP contribution in [0.25, 0.3) is 0 Å². The Kier molecular flexibility index (Phi) is 6.40. The predicted molar refractivity (Wildman–Crippen MR) is 82.5 cm³/mol. The number of carboxylic acid groups (broad SMARTS) is 1. The largest absolute Gasteiger partial charge is 0.480 e. The van der Waals surface area contributed by atoms with E-state index in [0.29, 0.717) is 18.8 Å². The SMILES string of the molecule is O=C(CCC1CCOCC1)N[C@@H](Cc1ccccc1)C(=O)O. The molecule has 0 unspecified atom stereocenters. The molecule has 1 saturated heterocycles. The van der Waals surface area contributed by atoms with E-state index in [1.165, 1.54) is 0 Å². The Hall–Kier alpha value is -1.88. The van der Waals surface area contributed by atoms with Gasteiger partial charge in [0.15, 0.2) is 0 Å². The first kappa shape index (κ1) is 16.5. The molecule has 0 aromatic heterocycles. The Morgan fingerprint density at radius 1 is 1.23 bits per heavy atom. The second kappa shape index (κ2) is 8.54. The molecule has 2 N–H and O–H groups in total. The fraction of sp³-hybridized carbons (Fsp3) is 0.529. The average Bonchev–Trinajstić information content (AvgIpc) is 2.54. The number of rotatable bonds is 7. The molecule has 5 heteroatoms. The molecule has 0 bridgehead atoms. The molecule has 1 amide bonds. The van der Waals surface area contributed by atoms with E-state index in [1.54, 1.807) is 0 Å². The van der Waals surface area contributed by atoms with Gasteiger partial charge in [0.1, 0.15) is 6.04 Å². The first-order valence-corrected chi connectivity index (χ1v) is 7.79. The van der Waals surface area contributed by atoms with Gasteiger partial charge in [0.05, 0.1) is 0 Å². The maximum atomic E-state index is 12.0. The van der Waals surface area contributed by atoms with Crippen LogP contribution in [0.5, 0.6) is 0 Å². The van der Waals surface area contributed by atoms with E-state index in [4.69, 9.17) is 4.74 Å². The van der Waals surface area contributed by atoms with Crippen molar-refractivity contribution in [3.05, 3.63) is 35.9 Å². The minimum absolute atomic E-state index is 0.185. The molecule has 1 fully saturated rings. The van der Waals surface area contributed by atoms with Gasteiger partial charge in [-0.15, -0.1) is 0 Å². The van der Waals surface area contributed by atoms with Crippen LogP contribution in [0.4, 0.5) is 0 Å². The average molecular weight is 305 g/mol. The van der Waals surface area contributed by atoms with Gasteiger partial charge in [-0.2, -0.15) is 0 Å². The van der Waals surface area contributed by atoms with Crippen molar-refractivity contribution in [2.24, 2.45) is 5.92 Å². The molecule has 0 aliphatic carbocycles. The molecule has 1 aliphatic heterocycles. The number of carbonyl (C=O) groups is 2. The summed E-state index contributed by atoms with van der Waals surface area (Å²) in [6.07, 6.45) is 3.45. The van der Waals surface area contributed by atoms with Crippen LogP contribution in [-0.4, -0.2) is 36.2 Å². The number of nitrogens with one attached hydrogen (secondary N) is 1. The molecule has 120 valence electrons. The van der Waals surface area contributed by atoms with E-state index in [0.717, 1.165) is 38.0 Å². The molecule has 1 aromatic carbocycles. The lowest BCUT2D eigenvalue weighted by Gasteiger charge is -2.22. The van der Waals surface area contributed by atoms with Crippen LogP contribution in [0.2, 0.25) is 0 Å². The molecule has 1 heterocycles. The topological polar surface area (TPSA) is 75.6 Å². The quantitative estimate of drug-likeness (QED) is 0.808. The molecule has 0 spiro atoms. The summed E-state index contributed by atoms with van der Waals surface area (Å²) >= 11 is 0. The van der Waals surface area contributed by atoms with E-state index < -0.39 is 12.0 Å². The first-order valence-electron chi connectivity index (χ1n) is 7.79. The Morgan fingerprint density at radius 2 is 1.91 bits per heavy atom. The van der Waals surface area contributed by atoms with Gasteiger partial charge in [0.25, 0.3) is 0 Å². The molecule has 0 radical (unpaired) electrons. The Balaban J connectivity index is 1.79. The van der Waals surface area contributed by atoms with Gasteiger partial charge < -0.3 is 15.2 Å². The van der Waals surface area contributed by atoms with Gasteiger partial charge in [-0.25, -0.2) is 4.79 Å². The smallest absolute Gasteiger partial charge is 0.326 e. The molecule has 22 heavy (non-hydrogen) atoms. The summed E-state index contributed by atoms with van der Waals surface area (Å²) in [5.74, 6) is -0.671. The summed E-state index contributed by atoms with van der Waals surface area (Å²) in [6.45, 7) is 1.52. The highest BCUT2D eigenvalue weighted by molar-refractivity contribution is 5.83. The monoisotopic (exact) mass is 305 g/mol. The number of ether oxygens (including phenoxy) is 1. The number of amides is 1. The molecule has 5 nitrogen and oxygen atoms in total. The third-order valence-electron chi connectivity index (χ3n) is 4.04. The van der Waals surface area contributed by atoms with Gasteiger partial charge >= 0.3 is 5.97 Å². The molecule has 0 saturated carbocycles. The Bertz CT molecular complexity index is 483. The molecule has 2 rings (SSSR count). The van der Waals surface area contributed by atoms with Crippen molar-refractivity contribution in [3.8, 4) is 0 Å². The standard InChI is InChI=1S/C17H23NO4/c19-16(7-6-13-8-10-22-11-9-13)18-15(17(20)21)12-14-4-2-1-3-5-14/h1-5,13,15H,6-12H2,(H,18,19)(H,20,21)/t15-/m0/s1. The molecular formula is C17H23NO4. The number of carboxylic acids is 1. The van der Waals surface area contributed by atoms with Gasteiger partial charge in [0.2, 0.25) is 5.91 Å². The zero-order valence-electron chi connectivity index (χ0n) is 12.7. The van der Waals surface area contributed by atoms with Gasteiger partial charge in [-0.3, -0.25) is 4.79 Å². The summed E-state index contributed by atoms with van der Waals surface area (Å²) in [4.78, 5) is 23.3. The third kappa shape index (κ3) is 5.48. The van der Waals surface area contributed by atoms with Crippen LogP contribution in [-0.2, 0) is 20.7 Å². The summed E-state index contributed by atoms with van der Waals surface area (Å²) in [7, 11) is 0. The molecule has 1 atom stereocenters. The highest BCUT2D eigenvalue weighted by Gasteiger charge is 2.21. The zero-order valence-corrected chi connectivity index (χ0v) is 12.7. The third-order valence-corrected chi connectivity index (χ3v) is 4.04. The van der Waals surface area contributed by atoms with Crippen molar-refractivity contribution in [3.63, 3.8) is 0 Å². The Morgan fingerprint density at radius 3 is 2.55 bits per heavy atom. The van der Waals surface area contributed by atoms with Crippen molar-refractivity contribution in [2.45, 2.75) is 38.1 Å². The lowest BCUT2D eigenvalue weighted by molar-refractivity contribution is -0.141. The van der Waals surface area contributed by atoms with E-state index in [1.807, 2.05) is 30.3 Å². The lowest BCUT2D eigenvalue weighted by atomic mass is 9.94. The van der Waals surface area contributed by atoms with Crippen LogP contribution in [0.15, 0.2) is 30.3 Å². The van der Waals surface area contributed by atoms with Gasteiger partial charge in [0, 0.05) is 26.1 Å². The maximum Gasteiger partial charge on any atom is 0.326 e. The fourth-order valence-electron chi connectivity index (χ4n) is 2.69. The Labute approximate surface area is 130 Å². The van der Waals surface area contributed by atoms with Crippen molar-refractivity contribution < 1.29 is 19.4 Å². The number of hydrogen-bond acceptors (Lipinski definition) is 3. The summed E-state index contributed by atoms with van der Waals surface area (Å²) < 4.78 is 5.29. The fourth-order valence-corrected chi connectivity index (χ4v) is 2.69. The zero-order chi connectivity index (χ0) is 15.8. The molecule has 1 aromatic rings. The maximum absolute atomic E-state index is 12.0. The van der Waals surface area contributed by atoms with E-state index in [9.17, 15) is 14.7 Å². The van der Waals surface area contributed by atoms with E-state index in [-0.39, 0.29) is 5.91 Å². The second-order valence-corrected chi connectivity index (χ2v) is 5.74. The number of benzene rings is 1. The van der Waals surface area contributed by atoms with Crippen LogP contribution in [0, 0.1) is 5.92 Å². The van der Waals surface area contributed by atoms with Crippen molar-refractivity contribution in [1.29, 1.82) is 0 Å². The van der Waals surface area contributed by atoms with Crippen LogP contribution >= 0.6 is 0 Å². The normalized spacial score (nSPS) is 16.9. The summed E-state index contributed by atoms with van der Waals surface area (Å²) in [5.41, 5.74) is 0.902. The minimum Gasteiger partial charge on any atom is -0.480 e. The minimum atomic E-state index is -0.997. The van der Waals surface area contributed by atoms with Crippen molar-refractivity contribution in [2.75, 3.05) is 13.2 Å². The predicted octanol–water partition coefficient (Wildman–Crippen LogP) is 2.01. The highest BCUT2D eigenvalue weighted by Crippen LogP contribution is 2.19. The van der Waals surface area contributed by atoms with Crippen molar-refractivity contribution >= 4 is 11.9 Å². The van der Waals surface area contributed by atoms with E-state index in [2.05, 4.69) is 5.32 Å². The highest BCUT2D eigenvalue weighted by atomic mass is 16.5. The number of carbonyl (C=O) groups excluding carboxylic acids is 1. The van der Waals surface area contributed by atoms with Gasteiger partial charge in [-0.05, 0) is 30.7 Å². The molecule has 1 aliphatic rings. The van der Waals surface area contributed by atoms with Crippen LogP contribution in [0.3, 0.4) is 0 Å². The number of hydrogen-bond donors (Lipinski definition) is 2. The van der Waals surface area contributed by atoms with Crippen molar-refractivity contribution in [1.82, 2.24) is 5.32 Å². The number of aliphatic carboxylic acids is 1. The lowest BCUT2D eigenvalue weighted by Crippen LogP contribution is -2.42. The molecular weight excluding hydrogens is 282 g/mol. The second-order valence-electron chi connectivity index (χ2n) is 5.74. The summed E-state index contributed by atoms with van der Waals surface area (Å²) in [6, 6.07) is 8.46. The first-order chi connectivity index (χ1) is 10.6. The van der Waals surface area contributed by atoms with Gasteiger partial charge in [-0.1, -0.05) is 30.3 Å². The van der Waals surface area contributed by atoms with E-state index >= 15 is 0 Å². The van der Waals surface area contributed by atoms with Crippen LogP contribution < -0.4 is 5.32 Å². The summed E-state index contributed by atoms with van der Waals surface area (Å²) in [5, 5.41) is 11.9. The van der Waals surface area contributed by atoms with Crippen LogP contribution in [0.1, 0.15) is 31.2 Å².